The zero-order chi connectivity index (χ0) is 15.2. The van der Waals surface area contributed by atoms with Gasteiger partial charge < -0.3 is 10.1 Å². The molecule has 3 nitrogen and oxygen atoms in total. The number of nitrogens with one attached hydrogen (secondary N) is 1. The summed E-state index contributed by atoms with van der Waals surface area (Å²) in [5, 5.41) is 12.8. The Morgan fingerprint density at radius 2 is 2.05 bits per heavy atom. The lowest BCUT2D eigenvalue weighted by atomic mass is 10.1. The fourth-order valence-corrected chi connectivity index (χ4v) is 2.28. The molecule has 0 amide bonds. The first-order valence-corrected chi connectivity index (χ1v) is 7.19. The highest BCUT2D eigenvalue weighted by Crippen LogP contribution is 2.30. The summed E-state index contributed by atoms with van der Waals surface area (Å²) in [5.74, 6) is 0.520. The van der Waals surface area contributed by atoms with E-state index in [4.69, 9.17) is 21.6 Å². The van der Waals surface area contributed by atoms with Gasteiger partial charge in [-0.3, -0.25) is 0 Å². The van der Waals surface area contributed by atoms with Crippen molar-refractivity contribution >= 4 is 29.7 Å². The highest BCUT2D eigenvalue weighted by Gasteiger charge is 2.14. The van der Waals surface area contributed by atoms with E-state index in [0.717, 1.165) is 17.7 Å². The Kier molecular flexibility index (Phi) is 7.04. The van der Waals surface area contributed by atoms with E-state index in [1.165, 1.54) is 0 Å². The molecule has 0 radical (unpaired) electrons. The molecular formula is C17H18Cl2N2O. The van der Waals surface area contributed by atoms with Crippen LogP contribution in [0.3, 0.4) is 0 Å². The minimum atomic E-state index is -0.121. The molecule has 0 saturated heterocycles. The van der Waals surface area contributed by atoms with Crippen molar-refractivity contribution in [1.29, 1.82) is 5.26 Å². The number of anilines is 1. The van der Waals surface area contributed by atoms with Gasteiger partial charge in [-0.2, -0.15) is 5.26 Å². The summed E-state index contributed by atoms with van der Waals surface area (Å²) in [6, 6.07) is 15.2. The van der Waals surface area contributed by atoms with Gasteiger partial charge in [0, 0.05) is 23.8 Å². The number of hydrogen-bond acceptors (Lipinski definition) is 3. The summed E-state index contributed by atoms with van der Waals surface area (Å²) in [7, 11) is 1.88. The Morgan fingerprint density at radius 1 is 1.27 bits per heavy atom. The molecular weight excluding hydrogens is 319 g/mol. The van der Waals surface area contributed by atoms with Crippen LogP contribution in [0.15, 0.2) is 42.5 Å². The molecule has 22 heavy (non-hydrogen) atoms. The molecule has 1 N–H and O–H groups in total. The predicted octanol–water partition coefficient (Wildman–Crippen LogP) is 5.21. The Morgan fingerprint density at radius 3 is 2.68 bits per heavy atom. The minimum Gasteiger partial charge on any atom is -0.484 e. The van der Waals surface area contributed by atoms with Crippen LogP contribution < -0.4 is 10.1 Å². The molecule has 116 valence electrons. The molecule has 0 aliphatic heterocycles. The van der Waals surface area contributed by atoms with E-state index in [2.05, 4.69) is 11.4 Å². The molecule has 0 bridgehead atoms. The maximum atomic E-state index is 9.16. The lowest BCUT2D eigenvalue weighted by molar-refractivity contribution is 0.201. The first-order chi connectivity index (χ1) is 10.2. The Hall–Kier alpha value is -1.89. The molecule has 0 aromatic heterocycles. The molecule has 1 unspecified atom stereocenters. The average molecular weight is 337 g/mol. The van der Waals surface area contributed by atoms with Crippen molar-refractivity contribution in [2.24, 2.45) is 0 Å². The van der Waals surface area contributed by atoms with Crippen LogP contribution in [0.1, 0.15) is 30.6 Å². The van der Waals surface area contributed by atoms with E-state index < -0.39 is 0 Å². The van der Waals surface area contributed by atoms with Crippen molar-refractivity contribution in [2.75, 3.05) is 12.4 Å². The van der Waals surface area contributed by atoms with Crippen LogP contribution in [0.5, 0.6) is 5.75 Å². The van der Waals surface area contributed by atoms with Crippen LogP contribution in [0, 0.1) is 11.3 Å². The Labute approximate surface area is 142 Å². The fourth-order valence-electron chi connectivity index (χ4n) is 2.12. The van der Waals surface area contributed by atoms with E-state index in [1.54, 1.807) is 18.2 Å². The summed E-state index contributed by atoms with van der Waals surface area (Å²) in [6.07, 6.45) is 0.675. The van der Waals surface area contributed by atoms with Crippen LogP contribution in [-0.2, 0) is 0 Å². The van der Waals surface area contributed by atoms with Gasteiger partial charge in [0.15, 0.2) is 0 Å². The molecule has 2 aromatic rings. The number of nitriles is 1. The van der Waals surface area contributed by atoms with Crippen molar-refractivity contribution in [3.05, 3.63) is 58.6 Å². The number of halogens is 2. The van der Waals surface area contributed by atoms with Crippen LogP contribution in [0.2, 0.25) is 5.02 Å². The molecule has 0 fully saturated rings. The average Bonchev–Trinajstić information content (AvgIpc) is 2.52. The van der Waals surface area contributed by atoms with Gasteiger partial charge in [-0.25, -0.2) is 0 Å². The number of rotatable bonds is 5. The van der Waals surface area contributed by atoms with Gasteiger partial charge in [0.05, 0.1) is 5.56 Å². The summed E-state index contributed by atoms with van der Waals surface area (Å²) < 4.78 is 6.02. The van der Waals surface area contributed by atoms with Gasteiger partial charge in [-0.05, 0) is 36.2 Å². The van der Waals surface area contributed by atoms with Gasteiger partial charge in [0.25, 0.3) is 0 Å². The summed E-state index contributed by atoms with van der Waals surface area (Å²) in [6.45, 7) is 2.05. The van der Waals surface area contributed by atoms with Crippen molar-refractivity contribution in [2.45, 2.75) is 19.4 Å². The van der Waals surface area contributed by atoms with E-state index in [0.29, 0.717) is 16.3 Å². The molecule has 0 saturated carbocycles. The highest BCUT2D eigenvalue weighted by atomic mass is 35.5. The minimum absolute atomic E-state index is 0. The second-order valence-corrected chi connectivity index (χ2v) is 5.08. The second-order valence-electron chi connectivity index (χ2n) is 4.64. The van der Waals surface area contributed by atoms with Crippen molar-refractivity contribution in [3.8, 4) is 11.8 Å². The standard InChI is InChI=1S/C17H17ClN2O.ClH/c1-3-16(12-5-4-6-15(9-12)20-2)21-17-10-14(18)8-7-13(17)11-19;/h4-10,16,20H,3H2,1-2H3;1H. The Balaban J connectivity index is 0.00000242. The van der Waals surface area contributed by atoms with Crippen LogP contribution in [0.25, 0.3) is 0 Å². The topological polar surface area (TPSA) is 45.0 Å². The number of nitrogens with zero attached hydrogens (tertiary/aromatic N) is 1. The van der Waals surface area contributed by atoms with Crippen molar-refractivity contribution < 1.29 is 4.74 Å². The zero-order valence-corrected chi connectivity index (χ0v) is 14.0. The fraction of sp³-hybridized carbons (Fsp3) is 0.235. The summed E-state index contributed by atoms with van der Waals surface area (Å²) in [5.41, 5.74) is 2.58. The maximum Gasteiger partial charge on any atom is 0.139 e. The third-order valence-electron chi connectivity index (χ3n) is 3.25. The largest absolute Gasteiger partial charge is 0.484 e. The lowest BCUT2D eigenvalue weighted by Gasteiger charge is -2.19. The molecule has 0 aliphatic rings. The molecule has 0 spiro atoms. The third kappa shape index (κ3) is 4.30. The summed E-state index contributed by atoms with van der Waals surface area (Å²) >= 11 is 5.99. The predicted molar refractivity (Wildman–Crippen MR) is 93.1 cm³/mol. The molecule has 0 aliphatic carbocycles. The van der Waals surface area contributed by atoms with Crippen LogP contribution in [0.4, 0.5) is 5.69 Å². The Bertz CT molecular complexity index is 668. The van der Waals surface area contributed by atoms with Gasteiger partial charge in [-0.1, -0.05) is 30.7 Å². The van der Waals surface area contributed by atoms with E-state index in [9.17, 15) is 0 Å². The number of ether oxygens (including phenoxy) is 1. The second kappa shape index (κ2) is 8.53. The quantitative estimate of drug-likeness (QED) is 0.815. The van der Waals surface area contributed by atoms with Crippen molar-refractivity contribution in [3.63, 3.8) is 0 Å². The highest BCUT2D eigenvalue weighted by molar-refractivity contribution is 6.30. The van der Waals surface area contributed by atoms with E-state index in [-0.39, 0.29) is 18.5 Å². The first kappa shape index (κ1) is 18.2. The summed E-state index contributed by atoms with van der Waals surface area (Å²) in [4.78, 5) is 0. The number of hydrogen-bond donors (Lipinski definition) is 1. The maximum absolute atomic E-state index is 9.16. The normalized spacial score (nSPS) is 11.0. The number of benzene rings is 2. The molecule has 2 aromatic carbocycles. The van der Waals surface area contributed by atoms with Gasteiger partial charge in [0.2, 0.25) is 0 Å². The zero-order valence-electron chi connectivity index (χ0n) is 12.5. The molecule has 2 rings (SSSR count). The monoisotopic (exact) mass is 336 g/mol. The van der Waals surface area contributed by atoms with Gasteiger partial charge in [-0.15, -0.1) is 12.4 Å². The SMILES string of the molecule is CCC(Oc1cc(Cl)ccc1C#N)c1cccc(NC)c1.Cl. The molecule has 1 atom stereocenters. The lowest BCUT2D eigenvalue weighted by Crippen LogP contribution is -2.08. The molecule has 5 heteroatoms. The van der Waals surface area contributed by atoms with Crippen molar-refractivity contribution in [1.82, 2.24) is 0 Å². The van der Waals surface area contributed by atoms with E-state index >= 15 is 0 Å². The van der Waals surface area contributed by atoms with Gasteiger partial charge >= 0.3 is 0 Å². The first-order valence-electron chi connectivity index (χ1n) is 6.82. The van der Waals surface area contributed by atoms with Crippen LogP contribution in [-0.4, -0.2) is 7.05 Å². The third-order valence-corrected chi connectivity index (χ3v) is 3.49. The van der Waals surface area contributed by atoms with Gasteiger partial charge in [0.1, 0.15) is 17.9 Å². The smallest absolute Gasteiger partial charge is 0.139 e. The van der Waals surface area contributed by atoms with E-state index in [1.807, 2.05) is 38.2 Å². The molecule has 0 heterocycles. The van der Waals surface area contributed by atoms with Crippen LogP contribution >= 0.6 is 24.0 Å².